The van der Waals surface area contributed by atoms with E-state index in [-0.39, 0.29) is 0 Å². The van der Waals surface area contributed by atoms with Crippen LogP contribution >= 0.6 is 23.4 Å². The minimum Gasteiger partial charge on any atom is -0.397 e. The van der Waals surface area contributed by atoms with Gasteiger partial charge in [-0.2, -0.15) is 0 Å². The van der Waals surface area contributed by atoms with Crippen LogP contribution in [-0.2, 0) is 0 Å². The second-order valence-electron chi connectivity index (χ2n) is 3.97. The predicted octanol–water partition coefficient (Wildman–Crippen LogP) is 4.02. The zero-order chi connectivity index (χ0) is 13.2. The Morgan fingerprint density at radius 3 is 2.74 bits per heavy atom. The van der Waals surface area contributed by atoms with Gasteiger partial charge in [0.05, 0.1) is 16.2 Å². The Morgan fingerprint density at radius 1 is 1.05 bits per heavy atom. The summed E-state index contributed by atoms with van der Waals surface area (Å²) in [5.74, 6) is 0. The van der Waals surface area contributed by atoms with Crippen LogP contribution in [0.25, 0.3) is 10.9 Å². The number of pyridine rings is 2. The number of nitrogens with zero attached hydrogens (tertiary/aromatic N) is 2. The highest BCUT2D eigenvalue weighted by molar-refractivity contribution is 7.99. The molecule has 0 aliphatic heterocycles. The summed E-state index contributed by atoms with van der Waals surface area (Å²) in [6.07, 6.45) is 3.40. The molecule has 0 fully saturated rings. The zero-order valence-electron chi connectivity index (χ0n) is 9.88. The van der Waals surface area contributed by atoms with Gasteiger partial charge in [0.2, 0.25) is 0 Å². The molecule has 3 rings (SSSR count). The van der Waals surface area contributed by atoms with Gasteiger partial charge >= 0.3 is 0 Å². The zero-order valence-corrected chi connectivity index (χ0v) is 11.4. The molecule has 0 saturated carbocycles. The summed E-state index contributed by atoms with van der Waals surface area (Å²) in [6.45, 7) is 0. The van der Waals surface area contributed by atoms with Crippen molar-refractivity contribution in [1.29, 1.82) is 0 Å². The summed E-state index contributed by atoms with van der Waals surface area (Å²) in [6, 6.07) is 11.5. The summed E-state index contributed by atoms with van der Waals surface area (Å²) in [4.78, 5) is 9.68. The van der Waals surface area contributed by atoms with E-state index in [1.54, 1.807) is 24.2 Å². The molecule has 94 valence electrons. The monoisotopic (exact) mass is 287 g/mol. The molecular formula is C14H10ClN3S. The molecule has 0 saturated heterocycles. The quantitative estimate of drug-likeness (QED) is 0.723. The second-order valence-corrected chi connectivity index (χ2v) is 5.47. The number of halogens is 1. The molecule has 5 heteroatoms. The van der Waals surface area contributed by atoms with Crippen LogP contribution in [0.5, 0.6) is 0 Å². The van der Waals surface area contributed by atoms with Gasteiger partial charge in [-0.3, -0.25) is 4.98 Å². The van der Waals surface area contributed by atoms with Crippen molar-refractivity contribution in [2.24, 2.45) is 0 Å². The smallest absolute Gasteiger partial charge is 0.101 e. The van der Waals surface area contributed by atoms with E-state index in [0.717, 1.165) is 20.8 Å². The molecule has 0 aliphatic rings. The van der Waals surface area contributed by atoms with Crippen LogP contribution in [0.3, 0.4) is 0 Å². The summed E-state index contributed by atoms with van der Waals surface area (Å²) in [7, 11) is 0. The highest BCUT2D eigenvalue weighted by Crippen LogP contribution is 2.33. The van der Waals surface area contributed by atoms with Gasteiger partial charge in [-0.1, -0.05) is 35.5 Å². The highest BCUT2D eigenvalue weighted by atomic mass is 35.5. The molecule has 2 aromatic heterocycles. The van der Waals surface area contributed by atoms with Crippen molar-refractivity contribution in [3.63, 3.8) is 0 Å². The maximum absolute atomic E-state index is 5.93. The van der Waals surface area contributed by atoms with E-state index in [1.165, 1.54) is 0 Å². The first-order chi connectivity index (χ1) is 9.24. The van der Waals surface area contributed by atoms with Crippen molar-refractivity contribution in [3.05, 3.63) is 53.8 Å². The molecule has 0 atom stereocenters. The van der Waals surface area contributed by atoms with Gasteiger partial charge in [-0.15, -0.1) is 0 Å². The van der Waals surface area contributed by atoms with E-state index in [1.807, 2.05) is 36.4 Å². The molecule has 0 aliphatic carbocycles. The number of nitrogens with two attached hydrogens (primary N) is 1. The number of hydrogen-bond acceptors (Lipinski definition) is 4. The van der Waals surface area contributed by atoms with Gasteiger partial charge in [-0.25, -0.2) is 4.98 Å². The van der Waals surface area contributed by atoms with Crippen LogP contribution in [0.2, 0.25) is 5.02 Å². The van der Waals surface area contributed by atoms with Crippen molar-refractivity contribution in [1.82, 2.24) is 9.97 Å². The lowest BCUT2D eigenvalue weighted by Crippen LogP contribution is -1.90. The first-order valence-corrected chi connectivity index (χ1v) is 6.86. The Hall–Kier alpha value is -1.78. The molecule has 0 unspecified atom stereocenters. The number of benzene rings is 1. The molecule has 3 aromatic rings. The van der Waals surface area contributed by atoms with Crippen LogP contribution in [0.15, 0.2) is 58.7 Å². The Morgan fingerprint density at radius 2 is 1.95 bits per heavy atom. The van der Waals surface area contributed by atoms with Crippen LogP contribution < -0.4 is 5.73 Å². The normalized spacial score (nSPS) is 10.8. The van der Waals surface area contributed by atoms with Gasteiger partial charge in [-0.05, 0) is 24.3 Å². The lowest BCUT2D eigenvalue weighted by molar-refractivity contribution is 1.13. The Kier molecular flexibility index (Phi) is 3.27. The summed E-state index contributed by atoms with van der Waals surface area (Å²) in [5, 5.41) is 2.55. The van der Waals surface area contributed by atoms with Gasteiger partial charge in [0.1, 0.15) is 5.03 Å². The summed E-state index contributed by atoms with van der Waals surface area (Å²) >= 11 is 7.40. The number of nitrogen functional groups attached to an aromatic ring is 1. The van der Waals surface area contributed by atoms with E-state index in [0.29, 0.717) is 10.7 Å². The fourth-order valence-corrected chi connectivity index (χ4v) is 2.78. The molecule has 0 bridgehead atoms. The molecule has 0 radical (unpaired) electrons. The Balaban J connectivity index is 2.06. The van der Waals surface area contributed by atoms with Gasteiger partial charge < -0.3 is 5.73 Å². The number of rotatable bonds is 2. The third-order valence-electron chi connectivity index (χ3n) is 2.68. The Labute approximate surface area is 119 Å². The van der Waals surface area contributed by atoms with E-state index < -0.39 is 0 Å². The van der Waals surface area contributed by atoms with Crippen LogP contribution in [0.4, 0.5) is 5.69 Å². The SMILES string of the molecule is Nc1cccc2c(Sc3ccc(Cl)cn3)ccnc12. The molecule has 1 aromatic carbocycles. The van der Waals surface area contributed by atoms with E-state index in [9.17, 15) is 0 Å². The average Bonchev–Trinajstić information content (AvgIpc) is 2.43. The summed E-state index contributed by atoms with van der Waals surface area (Å²) in [5.41, 5.74) is 7.44. The molecule has 0 amide bonds. The topological polar surface area (TPSA) is 51.8 Å². The summed E-state index contributed by atoms with van der Waals surface area (Å²) < 4.78 is 0. The van der Waals surface area contributed by atoms with Crippen LogP contribution in [0, 0.1) is 0 Å². The van der Waals surface area contributed by atoms with Gasteiger partial charge in [0.25, 0.3) is 0 Å². The number of para-hydroxylation sites is 1. The largest absolute Gasteiger partial charge is 0.397 e. The first kappa shape index (κ1) is 12.3. The van der Waals surface area contributed by atoms with Crippen molar-refractivity contribution >= 4 is 40.0 Å². The fourth-order valence-electron chi connectivity index (χ4n) is 1.80. The standard InChI is InChI=1S/C14H10ClN3S/c15-9-4-5-13(18-8-9)19-12-6-7-17-14-10(12)2-1-3-11(14)16/h1-8H,16H2. The van der Waals surface area contributed by atoms with Crippen molar-refractivity contribution in [2.45, 2.75) is 9.92 Å². The van der Waals surface area contributed by atoms with Gasteiger partial charge in [0, 0.05) is 22.7 Å². The first-order valence-electron chi connectivity index (χ1n) is 5.66. The van der Waals surface area contributed by atoms with Crippen LogP contribution in [0.1, 0.15) is 0 Å². The number of aromatic nitrogens is 2. The highest BCUT2D eigenvalue weighted by Gasteiger charge is 2.06. The van der Waals surface area contributed by atoms with Crippen molar-refractivity contribution < 1.29 is 0 Å². The maximum atomic E-state index is 5.93. The number of anilines is 1. The molecule has 2 N–H and O–H groups in total. The third kappa shape index (κ3) is 2.50. The van der Waals surface area contributed by atoms with E-state index in [2.05, 4.69) is 9.97 Å². The second kappa shape index (κ2) is 5.07. The van der Waals surface area contributed by atoms with Gasteiger partial charge in [0.15, 0.2) is 0 Å². The van der Waals surface area contributed by atoms with E-state index >= 15 is 0 Å². The predicted molar refractivity (Wildman–Crippen MR) is 79.5 cm³/mol. The molecule has 0 spiro atoms. The maximum Gasteiger partial charge on any atom is 0.101 e. The Bertz CT molecular complexity index is 728. The number of hydrogen-bond donors (Lipinski definition) is 1. The van der Waals surface area contributed by atoms with Crippen molar-refractivity contribution in [3.8, 4) is 0 Å². The van der Waals surface area contributed by atoms with Crippen molar-refractivity contribution in [2.75, 3.05) is 5.73 Å². The third-order valence-corrected chi connectivity index (χ3v) is 3.93. The minimum absolute atomic E-state index is 0.633. The number of fused-ring (bicyclic) bond motifs is 1. The van der Waals surface area contributed by atoms with E-state index in [4.69, 9.17) is 17.3 Å². The molecular weight excluding hydrogens is 278 g/mol. The molecule has 2 heterocycles. The minimum atomic E-state index is 0.633. The molecule has 19 heavy (non-hydrogen) atoms. The molecule has 3 nitrogen and oxygen atoms in total. The average molecular weight is 288 g/mol. The lowest BCUT2D eigenvalue weighted by Gasteiger charge is -2.06. The fraction of sp³-hybridized carbons (Fsp3) is 0. The lowest BCUT2D eigenvalue weighted by atomic mass is 10.2. The van der Waals surface area contributed by atoms with Crippen LogP contribution in [-0.4, -0.2) is 9.97 Å².